The number of rotatable bonds is 7. The average molecular weight is 371 g/mol. The van der Waals surface area contributed by atoms with E-state index in [1.165, 1.54) is 7.11 Å². The molecule has 144 valence electrons. The summed E-state index contributed by atoms with van der Waals surface area (Å²) in [7, 11) is 3.16. The van der Waals surface area contributed by atoms with Crippen molar-refractivity contribution < 1.29 is 14.3 Å². The summed E-state index contributed by atoms with van der Waals surface area (Å²) >= 11 is 0. The van der Waals surface area contributed by atoms with E-state index in [9.17, 15) is 4.79 Å². The van der Waals surface area contributed by atoms with Crippen LogP contribution in [0.15, 0.2) is 36.5 Å². The molecule has 27 heavy (non-hydrogen) atoms. The topological polar surface area (TPSA) is 88.6 Å². The van der Waals surface area contributed by atoms with Gasteiger partial charge in [0.15, 0.2) is 0 Å². The molecule has 0 unspecified atom stereocenters. The Kier molecular flexibility index (Phi) is 6.43. The van der Waals surface area contributed by atoms with E-state index in [1.807, 2.05) is 30.3 Å². The highest BCUT2D eigenvalue weighted by Crippen LogP contribution is 2.27. The second-order valence-electron chi connectivity index (χ2n) is 6.33. The molecule has 1 fully saturated rings. The quantitative estimate of drug-likeness (QED) is 0.769. The number of nitrogens with zero attached hydrogens (tertiary/aromatic N) is 3. The van der Waals surface area contributed by atoms with Crippen molar-refractivity contribution in [3.05, 3.63) is 36.5 Å². The Bertz CT molecular complexity index is 763. The first kappa shape index (κ1) is 18.9. The molecule has 3 rings (SSSR count). The molecule has 1 amide bonds. The molecule has 1 aromatic heterocycles. The summed E-state index contributed by atoms with van der Waals surface area (Å²) < 4.78 is 10.2. The average Bonchev–Trinajstić information content (AvgIpc) is 2.69. The molecule has 1 saturated heterocycles. The molecule has 0 saturated carbocycles. The van der Waals surface area contributed by atoms with Crippen molar-refractivity contribution >= 4 is 23.4 Å². The van der Waals surface area contributed by atoms with Crippen LogP contribution < -0.4 is 20.3 Å². The number of amides is 1. The van der Waals surface area contributed by atoms with Gasteiger partial charge in [0, 0.05) is 32.4 Å². The van der Waals surface area contributed by atoms with E-state index in [0.717, 1.165) is 37.4 Å². The number of hydrogen-bond acceptors (Lipinski definition) is 7. The van der Waals surface area contributed by atoms with E-state index in [0.29, 0.717) is 11.8 Å². The third kappa shape index (κ3) is 5.07. The van der Waals surface area contributed by atoms with Crippen LogP contribution in [-0.2, 0) is 9.53 Å². The maximum absolute atomic E-state index is 11.6. The Balaban J connectivity index is 1.60. The molecule has 0 spiro atoms. The number of hydrogen-bond donors (Lipinski definition) is 2. The van der Waals surface area contributed by atoms with Crippen LogP contribution in [0.25, 0.3) is 0 Å². The second kappa shape index (κ2) is 9.18. The largest absolute Gasteiger partial charge is 0.495 e. The summed E-state index contributed by atoms with van der Waals surface area (Å²) in [4.78, 5) is 22.8. The first-order valence-electron chi connectivity index (χ1n) is 8.96. The van der Waals surface area contributed by atoms with Gasteiger partial charge in [-0.2, -0.15) is 4.98 Å². The van der Waals surface area contributed by atoms with Gasteiger partial charge in [-0.25, -0.2) is 4.98 Å². The normalized spacial score (nSPS) is 14.7. The van der Waals surface area contributed by atoms with Crippen LogP contribution in [0.1, 0.15) is 12.8 Å². The minimum absolute atomic E-state index is 0.0739. The lowest BCUT2D eigenvalue weighted by Crippen LogP contribution is -2.46. The van der Waals surface area contributed by atoms with Crippen LogP contribution in [0.4, 0.5) is 17.5 Å². The Morgan fingerprint density at radius 1 is 1.22 bits per heavy atom. The molecule has 0 aliphatic carbocycles. The van der Waals surface area contributed by atoms with Crippen LogP contribution >= 0.6 is 0 Å². The minimum Gasteiger partial charge on any atom is -0.495 e. The fourth-order valence-electron chi connectivity index (χ4n) is 3.08. The molecule has 1 aliphatic heterocycles. The Morgan fingerprint density at radius 2 is 2.00 bits per heavy atom. The number of aromatic nitrogens is 2. The van der Waals surface area contributed by atoms with Crippen molar-refractivity contribution in [2.75, 3.05) is 44.1 Å². The van der Waals surface area contributed by atoms with Gasteiger partial charge in [0.1, 0.15) is 18.2 Å². The minimum atomic E-state index is -0.0739. The van der Waals surface area contributed by atoms with E-state index >= 15 is 0 Å². The number of piperidine rings is 1. The summed E-state index contributed by atoms with van der Waals surface area (Å²) in [5, 5.41) is 6.27. The first-order valence-corrected chi connectivity index (χ1v) is 8.96. The lowest BCUT2D eigenvalue weighted by molar-refractivity contribution is -0.125. The molecule has 8 nitrogen and oxygen atoms in total. The van der Waals surface area contributed by atoms with Crippen molar-refractivity contribution in [2.45, 2.75) is 18.9 Å². The smallest absolute Gasteiger partial charge is 0.246 e. The summed E-state index contributed by atoms with van der Waals surface area (Å²) in [6, 6.07) is 9.69. The van der Waals surface area contributed by atoms with Gasteiger partial charge in [0.05, 0.1) is 12.8 Å². The number of methoxy groups -OCH3 is 2. The van der Waals surface area contributed by atoms with E-state index in [2.05, 4.69) is 25.5 Å². The van der Waals surface area contributed by atoms with Crippen LogP contribution in [0.5, 0.6) is 5.75 Å². The Labute approximate surface area is 158 Å². The standard InChI is InChI=1S/C19H25N5O3/c1-26-13-18(25)21-14-8-11-24(12-9-14)19-20-10-7-17(23-19)22-15-5-3-4-6-16(15)27-2/h3-7,10,14H,8-9,11-13H2,1-2H3,(H,21,25)(H,20,22,23). The third-order valence-corrected chi connectivity index (χ3v) is 4.43. The van der Waals surface area contributed by atoms with E-state index in [-0.39, 0.29) is 18.6 Å². The van der Waals surface area contributed by atoms with Gasteiger partial charge in [0.25, 0.3) is 0 Å². The van der Waals surface area contributed by atoms with Gasteiger partial charge in [-0.05, 0) is 31.0 Å². The molecular formula is C19H25N5O3. The van der Waals surface area contributed by atoms with Gasteiger partial charge in [-0.15, -0.1) is 0 Å². The number of carbonyl (C=O) groups excluding carboxylic acids is 1. The Morgan fingerprint density at radius 3 is 2.74 bits per heavy atom. The fraction of sp³-hybridized carbons (Fsp3) is 0.421. The van der Waals surface area contributed by atoms with Crippen LogP contribution in [0, 0.1) is 0 Å². The molecule has 2 heterocycles. The number of anilines is 3. The van der Waals surface area contributed by atoms with Crippen LogP contribution in [0.2, 0.25) is 0 Å². The summed E-state index contributed by atoms with van der Waals surface area (Å²) in [6.07, 6.45) is 3.44. The number of para-hydroxylation sites is 2. The SMILES string of the molecule is COCC(=O)NC1CCN(c2nccc(Nc3ccccc3OC)n2)CC1. The number of benzene rings is 1. The Hall–Kier alpha value is -2.87. The molecule has 0 atom stereocenters. The molecule has 1 aliphatic rings. The predicted molar refractivity (Wildman–Crippen MR) is 104 cm³/mol. The third-order valence-electron chi connectivity index (χ3n) is 4.43. The maximum atomic E-state index is 11.6. The number of nitrogens with one attached hydrogen (secondary N) is 2. The fourth-order valence-corrected chi connectivity index (χ4v) is 3.08. The van der Waals surface area contributed by atoms with E-state index in [4.69, 9.17) is 9.47 Å². The summed E-state index contributed by atoms with van der Waals surface area (Å²) in [5.41, 5.74) is 0.851. The van der Waals surface area contributed by atoms with Crippen molar-refractivity contribution in [3.8, 4) is 5.75 Å². The number of carbonyl (C=O) groups is 1. The van der Waals surface area contributed by atoms with Gasteiger partial charge in [-0.1, -0.05) is 12.1 Å². The van der Waals surface area contributed by atoms with Crippen molar-refractivity contribution in [1.82, 2.24) is 15.3 Å². The predicted octanol–water partition coefficient (Wildman–Crippen LogP) is 1.96. The zero-order chi connectivity index (χ0) is 19.1. The van der Waals surface area contributed by atoms with Crippen molar-refractivity contribution in [3.63, 3.8) is 0 Å². The highest BCUT2D eigenvalue weighted by atomic mass is 16.5. The second-order valence-corrected chi connectivity index (χ2v) is 6.33. The molecule has 8 heteroatoms. The van der Waals surface area contributed by atoms with Gasteiger partial charge in [-0.3, -0.25) is 4.79 Å². The zero-order valence-electron chi connectivity index (χ0n) is 15.6. The van der Waals surface area contributed by atoms with Crippen LogP contribution in [0.3, 0.4) is 0 Å². The number of ether oxygens (including phenoxy) is 2. The first-order chi connectivity index (χ1) is 13.2. The van der Waals surface area contributed by atoms with Crippen molar-refractivity contribution in [2.24, 2.45) is 0 Å². The maximum Gasteiger partial charge on any atom is 0.246 e. The van der Waals surface area contributed by atoms with Gasteiger partial charge < -0.3 is 25.0 Å². The van der Waals surface area contributed by atoms with Gasteiger partial charge >= 0.3 is 0 Å². The highest BCUT2D eigenvalue weighted by molar-refractivity contribution is 5.77. The lowest BCUT2D eigenvalue weighted by atomic mass is 10.1. The zero-order valence-corrected chi connectivity index (χ0v) is 15.6. The molecule has 0 bridgehead atoms. The van der Waals surface area contributed by atoms with E-state index < -0.39 is 0 Å². The molecule has 2 aromatic rings. The monoisotopic (exact) mass is 371 g/mol. The summed E-state index contributed by atoms with van der Waals surface area (Å²) in [6.45, 7) is 1.67. The molecular weight excluding hydrogens is 346 g/mol. The molecule has 1 aromatic carbocycles. The highest BCUT2D eigenvalue weighted by Gasteiger charge is 2.22. The van der Waals surface area contributed by atoms with E-state index in [1.54, 1.807) is 13.3 Å². The molecule has 2 N–H and O–H groups in total. The summed E-state index contributed by atoms with van der Waals surface area (Å²) in [5.74, 6) is 2.07. The lowest BCUT2D eigenvalue weighted by Gasteiger charge is -2.32. The van der Waals surface area contributed by atoms with Gasteiger partial charge in [0.2, 0.25) is 11.9 Å². The molecule has 0 radical (unpaired) electrons. The van der Waals surface area contributed by atoms with Crippen molar-refractivity contribution in [1.29, 1.82) is 0 Å². The van der Waals surface area contributed by atoms with Crippen LogP contribution in [-0.4, -0.2) is 55.8 Å².